The van der Waals surface area contributed by atoms with E-state index in [1.165, 1.54) is 26.1 Å². The summed E-state index contributed by atoms with van der Waals surface area (Å²) in [5.41, 5.74) is -0.313. The first kappa shape index (κ1) is 18.4. The molecule has 1 rings (SSSR count). The van der Waals surface area contributed by atoms with Crippen LogP contribution in [-0.2, 0) is 0 Å². The minimum absolute atomic E-state index is 0.313. The summed E-state index contributed by atoms with van der Waals surface area (Å²) in [6.45, 7) is 12.1. The van der Waals surface area contributed by atoms with E-state index in [4.69, 9.17) is 0 Å². The molecule has 0 aromatic carbocycles. The Labute approximate surface area is 131 Å². The predicted molar refractivity (Wildman–Crippen MR) is 89.3 cm³/mol. The van der Waals surface area contributed by atoms with Crippen LogP contribution >= 0.6 is 0 Å². The van der Waals surface area contributed by atoms with Crippen molar-refractivity contribution in [1.82, 2.24) is 15.1 Å². The van der Waals surface area contributed by atoms with Gasteiger partial charge in [-0.05, 0) is 52.2 Å². The molecular weight excluding hydrogens is 260 g/mol. The van der Waals surface area contributed by atoms with Crippen LogP contribution in [0.3, 0.4) is 0 Å². The predicted octanol–water partition coefficient (Wildman–Crippen LogP) is 2.46. The molecule has 4 heteroatoms. The fraction of sp³-hybridized carbons (Fsp3) is 0.941. The van der Waals surface area contributed by atoms with E-state index in [0.717, 1.165) is 38.8 Å². The molecule has 1 aliphatic rings. The first-order chi connectivity index (χ1) is 10.1. The molecule has 0 aromatic rings. The van der Waals surface area contributed by atoms with Crippen molar-refractivity contribution < 1.29 is 0 Å². The number of nitrogens with zero attached hydrogens (tertiary/aromatic N) is 3. The van der Waals surface area contributed by atoms with Crippen molar-refractivity contribution in [3.8, 4) is 6.07 Å². The van der Waals surface area contributed by atoms with Crippen LogP contribution in [0.15, 0.2) is 0 Å². The van der Waals surface area contributed by atoms with Crippen LogP contribution in [0, 0.1) is 11.3 Å². The van der Waals surface area contributed by atoms with E-state index in [9.17, 15) is 5.26 Å². The lowest BCUT2D eigenvalue weighted by atomic mass is 9.91. The molecule has 0 aromatic heterocycles. The molecule has 1 N–H and O–H groups in total. The second kappa shape index (κ2) is 9.40. The first-order valence-electron chi connectivity index (χ1n) is 8.69. The molecule has 1 fully saturated rings. The molecule has 0 spiro atoms. The number of hydrogen-bond acceptors (Lipinski definition) is 4. The van der Waals surface area contributed by atoms with Crippen molar-refractivity contribution in [3.05, 3.63) is 0 Å². The van der Waals surface area contributed by atoms with Gasteiger partial charge in [-0.15, -0.1) is 0 Å². The average Bonchev–Trinajstić information content (AvgIpc) is 2.52. The SMILES string of the molecule is CCCNC(C#N)(CC)CCCN1CCN(C)C(CC)C1. The third-order valence-corrected chi connectivity index (χ3v) is 4.94. The summed E-state index contributed by atoms with van der Waals surface area (Å²) in [6, 6.07) is 3.22. The third kappa shape index (κ3) is 5.58. The second-order valence-electron chi connectivity index (χ2n) is 6.42. The molecule has 0 radical (unpaired) electrons. The van der Waals surface area contributed by atoms with Crippen LogP contribution in [0.1, 0.15) is 52.9 Å². The largest absolute Gasteiger partial charge is 0.301 e. The van der Waals surface area contributed by atoms with Crippen molar-refractivity contribution in [3.63, 3.8) is 0 Å². The normalized spacial score (nSPS) is 23.7. The topological polar surface area (TPSA) is 42.3 Å². The van der Waals surface area contributed by atoms with Gasteiger partial charge < -0.3 is 9.80 Å². The Kier molecular flexibility index (Phi) is 8.24. The van der Waals surface area contributed by atoms with Crippen LogP contribution < -0.4 is 5.32 Å². The zero-order valence-corrected chi connectivity index (χ0v) is 14.5. The fourth-order valence-electron chi connectivity index (χ4n) is 3.19. The van der Waals surface area contributed by atoms with Crippen LogP contribution in [-0.4, -0.2) is 61.2 Å². The van der Waals surface area contributed by atoms with Gasteiger partial charge in [0.05, 0.1) is 6.07 Å². The molecule has 0 amide bonds. The maximum atomic E-state index is 9.52. The minimum atomic E-state index is -0.313. The highest BCUT2D eigenvalue weighted by Crippen LogP contribution is 2.18. The standard InChI is InChI=1S/C17H34N4/c1-5-10-19-17(7-3,15-18)9-8-11-21-13-12-20(4)16(6-2)14-21/h16,19H,5-14H2,1-4H3. The first-order valence-corrected chi connectivity index (χ1v) is 8.69. The summed E-state index contributed by atoms with van der Waals surface area (Å²) in [4.78, 5) is 5.05. The molecule has 0 aliphatic carbocycles. The van der Waals surface area contributed by atoms with Crippen molar-refractivity contribution in [2.45, 2.75) is 64.5 Å². The van der Waals surface area contributed by atoms with Gasteiger partial charge in [-0.2, -0.15) is 5.26 Å². The van der Waals surface area contributed by atoms with Crippen LogP contribution in [0.4, 0.5) is 0 Å². The minimum Gasteiger partial charge on any atom is -0.301 e. The molecule has 2 unspecified atom stereocenters. The number of nitrogens with one attached hydrogen (secondary N) is 1. The van der Waals surface area contributed by atoms with E-state index in [0.29, 0.717) is 6.04 Å². The zero-order chi connectivity index (χ0) is 15.7. The Hall–Kier alpha value is -0.630. The van der Waals surface area contributed by atoms with E-state index >= 15 is 0 Å². The van der Waals surface area contributed by atoms with Crippen LogP contribution in [0.5, 0.6) is 0 Å². The quantitative estimate of drug-likeness (QED) is 0.709. The third-order valence-electron chi connectivity index (χ3n) is 4.94. The van der Waals surface area contributed by atoms with Crippen LogP contribution in [0.2, 0.25) is 0 Å². The molecule has 1 saturated heterocycles. The maximum Gasteiger partial charge on any atom is 0.106 e. The van der Waals surface area contributed by atoms with Gasteiger partial charge in [0.1, 0.15) is 5.54 Å². The fourth-order valence-corrected chi connectivity index (χ4v) is 3.19. The highest BCUT2D eigenvalue weighted by atomic mass is 15.3. The van der Waals surface area contributed by atoms with Gasteiger partial charge in [0, 0.05) is 25.7 Å². The lowest BCUT2D eigenvalue weighted by molar-refractivity contribution is 0.0906. The lowest BCUT2D eigenvalue weighted by Crippen LogP contribution is -2.51. The van der Waals surface area contributed by atoms with E-state index in [1.54, 1.807) is 0 Å². The smallest absolute Gasteiger partial charge is 0.106 e. The summed E-state index contributed by atoms with van der Waals surface area (Å²) in [6.07, 6.45) is 5.27. The number of hydrogen-bond donors (Lipinski definition) is 1. The lowest BCUT2D eigenvalue weighted by Gasteiger charge is -2.39. The highest BCUT2D eigenvalue weighted by Gasteiger charge is 2.27. The zero-order valence-electron chi connectivity index (χ0n) is 14.5. The molecular formula is C17H34N4. The van der Waals surface area contributed by atoms with Gasteiger partial charge in [-0.1, -0.05) is 20.8 Å². The molecule has 1 heterocycles. The molecule has 1 aliphatic heterocycles. The molecule has 122 valence electrons. The van der Waals surface area contributed by atoms with E-state index < -0.39 is 0 Å². The average molecular weight is 294 g/mol. The Morgan fingerprint density at radius 1 is 1.29 bits per heavy atom. The summed E-state index contributed by atoms with van der Waals surface area (Å²) in [5, 5.41) is 13.0. The summed E-state index contributed by atoms with van der Waals surface area (Å²) >= 11 is 0. The number of piperazine rings is 1. The monoisotopic (exact) mass is 294 g/mol. The van der Waals surface area contributed by atoms with Gasteiger partial charge in [0.25, 0.3) is 0 Å². The van der Waals surface area contributed by atoms with E-state index in [2.05, 4.69) is 49.0 Å². The van der Waals surface area contributed by atoms with Crippen molar-refractivity contribution in [2.75, 3.05) is 39.8 Å². The van der Waals surface area contributed by atoms with Crippen molar-refractivity contribution in [1.29, 1.82) is 5.26 Å². The molecule has 2 atom stereocenters. The highest BCUT2D eigenvalue weighted by molar-refractivity contribution is 5.06. The second-order valence-corrected chi connectivity index (χ2v) is 6.42. The summed E-state index contributed by atoms with van der Waals surface area (Å²) in [7, 11) is 2.23. The van der Waals surface area contributed by atoms with Crippen molar-refractivity contribution >= 4 is 0 Å². The summed E-state index contributed by atoms with van der Waals surface area (Å²) < 4.78 is 0. The summed E-state index contributed by atoms with van der Waals surface area (Å²) in [5.74, 6) is 0. The number of rotatable bonds is 9. The van der Waals surface area contributed by atoms with Gasteiger partial charge in [0.15, 0.2) is 0 Å². The molecule has 4 nitrogen and oxygen atoms in total. The number of nitriles is 1. The Bertz CT molecular complexity index is 325. The van der Waals surface area contributed by atoms with Gasteiger partial charge in [-0.25, -0.2) is 0 Å². The van der Waals surface area contributed by atoms with E-state index in [1.807, 2.05) is 0 Å². The van der Waals surface area contributed by atoms with Gasteiger partial charge in [0.2, 0.25) is 0 Å². The van der Waals surface area contributed by atoms with E-state index in [-0.39, 0.29) is 5.54 Å². The molecule has 0 bridgehead atoms. The Balaban J connectivity index is 2.38. The Morgan fingerprint density at radius 2 is 2.05 bits per heavy atom. The van der Waals surface area contributed by atoms with Gasteiger partial charge >= 0.3 is 0 Å². The Morgan fingerprint density at radius 3 is 2.62 bits per heavy atom. The molecule has 21 heavy (non-hydrogen) atoms. The van der Waals surface area contributed by atoms with Crippen molar-refractivity contribution in [2.24, 2.45) is 0 Å². The van der Waals surface area contributed by atoms with Gasteiger partial charge in [-0.3, -0.25) is 5.32 Å². The number of likely N-dealkylation sites (N-methyl/N-ethyl adjacent to an activating group) is 1. The maximum absolute atomic E-state index is 9.52. The molecule has 0 saturated carbocycles. The van der Waals surface area contributed by atoms with Crippen LogP contribution in [0.25, 0.3) is 0 Å².